The average molecular weight is 377 g/mol. The van der Waals surface area contributed by atoms with Gasteiger partial charge in [-0.25, -0.2) is 0 Å². The highest BCUT2D eigenvalue weighted by atomic mass is 16.1. The molecule has 2 aromatic heterocycles. The Labute approximate surface area is 163 Å². The number of aryl methyl sites for hydroxylation is 1. The van der Waals surface area contributed by atoms with Crippen LogP contribution in [0.25, 0.3) is 11.4 Å². The van der Waals surface area contributed by atoms with Crippen LogP contribution in [0.2, 0.25) is 0 Å². The number of carbonyl (C=O) groups excluding carboxylic acids is 1. The molecule has 0 atom stereocenters. The molecule has 1 amide bonds. The molecule has 0 unspecified atom stereocenters. The predicted molar refractivity (Wildman–Crippen MR) is 108 cm³/mol. The van der Waals surface area contributed by atoms with Gasteiger partial charge in [-0.1, -0.05) is 12.1 Å². The summed E-state index contributed by atoms with van der Waals surface area (Å²) in [7, 11) is 4.01. The fourth-order valence-corrected chi connectivity index (χ4v) is 3.28. The van der Waals surface area contributed by atoms with Gasteiger partial charge in [-0.05, 0) is 31.3 Å². The summed E-state index contributed by atoms with van der Waals surface area (Å²) in [5, 5.41) is 10.9. The van der Waals surface area contributed by atoms with Gasteiger partial charge in [-0.15, -0.1) is 10.2 Å². The van der Waals surface area contributed by atoms with Gasteiger partial charge in [0.25, 0.3) is 5.91 Å². The molecule has 3 aromatic rings. The normalized spacial score (nSPS) is 14.9. The number of carbonyl (C=O) groups is 1. The number of nitrogens with one attached hydrogen (secondary N) is 1. The highest BCUT2D eigenvalue weighted by Gasteiger charge is 2.16. The highest BCUT2D eigenvalue weighted by molar-refractivity contribution is 6.03. The third-order valence-corrected chi connectivity index (χ3v) is 4.93. The fourth-order valence-electron chi connectivity index (χ4n) is 3.28. The van der Waals surface area contributed by atoms with E-state index >= 15 is 0 Å². The Morgan fingerprint density at radius 3 is 2.64 bits per heavy atom. The molecule has 28 heavy (non-hydrogen) atoms. The van der Waals surface area contributed by atoms with Gasteiger partial charge < -0.3 is 19.7 Å². The summed E-state index contributed by atoms with van der Waals surface area (Å²) in [5.74, 6) is 0.511. The third-order valence-electron chi connectivity index (χ3n) is 4.93. The number of amides is 1. The Kier molecular flexibility index (Phi) is 5.03. The Balaban J connectivity index is 1.50. The minimum Gasteiger partial charge on any atom is -0.369 e. The van der Waals surface area contributed by atoms with Gasteiger partial charge in [-0.3, -0.25) is 9.78 Å². The van der Waals surface area contributed by atoms with Crippen LogP contribution < -0.4 is 10.2 Å². The van der Waals surface area contributed by atoms with Gasteiger partial charge in [0.15, 0.2) is 5.82 Å². The number of hydrogen-bond donors (Lipinski definition) is 1. The average Bonchev–Trinajstić information content (AvgIpc) is 3.15. The van der Waals surface area contributed by atoms with Crippen molar-refractivity contribution in [3.63, 3.8) is 0 Å². The first kappa shape index (κ1) is 18.1. The zero-order valence-corrected chi connectivity index (χ0v) is 16.0. The second-order valence-electron chi connectivity index (χ2n) is 6.99. The molecule has 1 saturated heterocycles. The molecule has 8 heteroatoms. The monoisotopic (exact) mass is 377 g/mol. The van der Waals surface area contributed by atoms with E-state index in [1.807, 2.05) is 48.0 Å². The van der Waals surface area contributed by atoms with E-state index in [1.165, 1.54) is 0 Å². The molecule has 1 fully saturated rings. The lowest BCUT2D eigenvalue weighted by molar-refractivity contribution is 0.102. The van der Waals surface area contributed by atoms with Gasteiger partial charge in [0.1, 0.15) is 12.0 Å². The summed E-state index contributed by atoms with van der Waals surface area (Å²) in [6, 6.07) is 11.4. The number of nitrogens with zero attached hydrogens (tertiary/aromatic N) is 6. The van der Waals surface area contributed by atoms with Crippen LogP contribution in [0, 0.1) is 0 Å². The molecule has 4 rings (SSSR count). The first-order valence-corrected chi connectivity index (χ1v) is 9.25. The van der Waals surface area contributed by atoms with Crippen molar-refractivity contribution in [2.24, 2.45) is 7.05 Å². The molecule has 0 aliphatic carbocycles. The largest absolute Gasteiger partial charge is 0.369 e. The van der Waals surface area contributed by atoms with Crippen LogP contribution in [0.5, 0.6) is 0 Å². The number of pyridine rings is 1. The molecule has 1 aliphatic heterocycles. The summed E-state index contributed by atoms with van der Waals surface area (Å²) in [6.07, 6.45) is 3.34. The van der Waals surface area contributed by atoms with Gasteiger partial charge in [0, 0.05) is 56.4 Å². The van der Waals surface area contributed by atoms with E-state index in [1.54, 1.807) is 12.5 Å². The number of aromatic nitrogens is 4. The predicted octanol–water partition coefficient (Wildman–Crippen LogP) is 1.88. The molecule has 144 valence electrons. The first-order chi connectivity index (χ1) is 13.6. The van der Waals surface area contributed by atoms with Crippen LogP contribution in [0.4, 0.5) is 11.4 Å². The summed E-state index contributed by atoms with van der Waals surface area (Å²) in [6.45, 7) is 3.92. The molecule has 0 radical (unpaired) electrons. The van der Waals surface area contributed by atoms with E-state index in [9.17, 15) is 4.79 Å². The van der Waals surface area contributed by atoms with Gasteiger partial charge in [-0.2, -0.15) is 0 Å². The standard InChI is InChI=1S/C20H23N7O/c1-25-8-10-27(11-9-25)17-6-7-21-18(13-17)20(28)23-16-5-3-4-15(12-16)19-24-22-14-26(19)2/h3-7,12-14H,8-11H2,1-2H3,(H,23,28). The number of anilines is 2. The van der Waals surface area contributed by atoms with Gasteiger partial charge >= 0.3 is 0 Å². The maximum atomic E-state index is 12.7. The molecule has 0 bridgehead atoms. The maximum Gasteiger partial charge on any atom is 0.274 e. The maximum absolute atomic E-state index is 12.7. The SMILES string of the molecule is CN1CCN(c2ccnc(C(=O)Nc3cccc(-c4nncn4C)c3)c2)CC1. The lowest BCUT2D eigenvalue weighted by atomic mass is 10.2. The molecule has 0 saturated carbocycles. The molecule has 3 heterocycles. The summed E-state index contributed by atoms with van der Waals surface area (Å²) in [5.41, 5.74) is 3.01. The van der Waals surface area contributed by atoms with Crippen molar-refractivity contribution >= 4 is 17.3 Å². The first-order valence-electron chi connectivity index (χ1n) is 9.25. The van der Waals surface area contributed by atoms with Crippen molar-refractivity contribution in [3.05, 3.63) is 54.6 Å². The van der Waals surface area contributed by atoms with Crippen molar-refractivity contribution in [3.8, 4) is 11.4 Å². The minimum absolute atomic E-state index is 0.230. The van der Waals surface area contributed by atoms with E-state index in [0.29, 0.717) is 11.4 Å². The molecule has 8 nitrogen and oxygen atoms in total. The van der Waals surface area contributed by atoms with Crippen LogP contribution in [0.15, 0.2) is 48.9 Å². The van der Waals surface area contributed by atoms with Crippen LogP contribution in [-0.2, 0) is 7.05 Å². The van der Waals surface area contributed by atoms with E-state index < -0.39 is 0 Å². The van der Waals surface area contributed by atoms with E-state index in [2.05, 4.69) is 37.3 Å². The summed E-state index contributed by atoms with van der Waals surface area (Å²) < 4.78 is 1.84. The Morgan fingerprint density at radius 1 is 1.07 bits per heavy atom. The molecule has 0 spiro atoms. The zero-order chi connectivity index (χ0) is 19.5. The van der Waals surface area contributed by atoms with Crippen LogP contribution in [0.3, 0.4) is 0 Å². The molecular formula is C20H23N7O. The van der Waals surface area contributed by atoms with Crippen molar-refractivity contribution in [2.75, 3.05) is 43.4 Å². The van der Waals surface area contributed by atoms with Gasteiger partial charge in [0.05, 0.1) is 0 Å². The van der Waals surface area contributed by atoms with Crippen molar-refractivity contribution in [1.29, 1.82) is 0 Å². The van der Waals surface area contributed by atoms with Crippen LogP contribution in [0.1, 0.15) is 10.5 Å². The number of piperazine rings is 1. The lowest BCUT2D eigenvalue weighted by Gasteiger charge is -2.34. The Hall–Kier alpha value is -3.26. The smallest absolute Gasteiger partial charge is 0.274 e. The molecule has 1 aliphatic rings. The van der Waals surface area contributed by atoms with E-state index in [4.69, 9.17) is 0 Å². The highest BCUT2D eigenvalue weighted by Crippen LogP contribution is 2.21. The summed E-state index contributed by atoms with van der Waals surface area (Å²) >= 11 is 0. The molecule has 1 N–H and O–H groups in total. The lowest BCUT2D eigenvalue weighted by Crippen LogP contribution is -2.44. The van der Waals surface area contributed by atoms with E-state index in [-0.39, 0.29) is 5.91 Å². The number of hydrogen-bond acceptors (Lipinski definition) is 6. The Bertz CT molecular complexity index is 976. The number of likely N-dealkylation sites (N-methyl/N-ethyl adjacent to an activating group) is 1. The number of benzene rings is 1. The third kappa shape index (κ3) is 3.86. The topological polar surface area (TPSA) is 79.2 Å². The second kappa shape index (κ2) is 7.77. The zero-order valence-electron chi connectivity index (χ0n) is 16.0. The van der Waals surface area contributed by atoms with Gasteiger partial charge in [0.2, 0.25) is 0 Å². The van der Waals surface area contributed by atoms with Crippen LogP contribution in [-0.4, -0.2) is 63.8 Å². The van der Waals surface area contributed by atoms with Crippen molar-refractivity contribution in [1.82, 2.24) is 24.6 Å². The molecule has 1 aromatic carbocycles. The summed E-state index contributed by atoms with van der Waals surface area (Å²) in [4.78, 5) is 21.6. The minimum atomic E-state index is -0.230. The number of rotatable bonds is 4. The Morgan fingerprint density at radius 2 is 1.89 bits per heavy atom. The quantitative estimate of drug-likeness (QED) is 0.748. The van der Waals surface area contributed by atoms with Crippen LogP contribution >= 0.6 is 0 Å². The van der Waals surface area contributed by atoms with Crippen molar-refractivity contribution in [2.45, 2.75) is 0 Å². The van der Waals surface area contributed by atoms with Crippen molar-refractivity contribution < 1.29 is 4.79 Å². The van der Waals surface area contributed by atoms with E-state index in [0.717, 1.165) is 43.3 Å². The molecular weight excluding hydrogens is 354 g/mol. The fraction of sp³-hybridized carbons (Fsp3) is 0.300. The second-order valence-corrected chi connectivity index (χ2v) is 6.99.